The Labute approximate surface area is 158 Å². The van der Waals surface area contributed by atoms with Gasteiger partial charge in [0, 0.05) is 31.8 Å². The standard InChI is InChI=1S/C18H25N7O2/c19-5-3-12-7-22-17-15(16(20)24-25(17)9-12)18(26)23-13-8-21-6-4-14(13)27-10-11-1-2-11/h4,6,8,11-12,15-17,22,24H,1-3,7,9-10,20H2,(H,23,26). The molecule has 1 aliphatic carbocycles. The van der Waals surface area contributed by atoms with Gasteiger partial charge in [-0.1, -0.05) is 0 Å². The smallest absolute Gasteiger partial charge is 0.233 e. The molecule has 144 valence electrons. The van der Waals surface area contributed by atoms with Crippen molar-refractivity contribution in [1.82, 2.24) is 20.7 Å². The minimum absolute atomic E-state index is 0.182. The number of nitriles is 1. The number of nitrogens with two attached hydrogens (primary N) is 1. The zero-order chi connectivity index (χ0) is 18.8. The number of nitrogens with zero attached hydrogens (tertiary/aromatic N) is 3. The van der Waals surface area contributed by atoms with Crippen molar-refractivity contribution >= 4 is 11.6 Å². The van der Waals surface area contributed by atoms with Crippen LogP contribution >= 0.6 is 0 Å². The number of carbonyl (C=O) groups is 1. The third kappa shape index (κ3) is 4.04. The summed E-state index contributed by atoms with van der Waals surface area (Å²) >= 11 is 0. The molecule has 3 heterocycles. The summed E-state index contributed by atoms with van der Waals surface area (Å²) in [6.45, 7) is 2.04. The monoisotopic (exact) mass is 371 g/mol. The predicted molar refractivity (Wildman–Crippen MR) is 97.9 cm³/mol. The second-order valence-corrected chi connectivity index (χ2v) is 7.53. The SMILES string of the molecule is N#CCC1CNC2C(C(=O)Nc3cnccc3OCC3CC3)C(N)NN2C1. The molecule has 1 aromatic rings. The fourth-order valence-electron chi connectivity index (χ4n) is 3.66. The van der Waals surface area contributed by atoms with E-state index in [0.717, 1.165) is 0 Å². The van der Waals surface area contributed by atoms with E-state index in [1.54, 1.807) is 18.5 Å². The lowest BCUT2D eigenvalue weighted by Gasteiger charge is -2.35. The zero-order valence-electron chi connectivity index (χ0n) is 15.1. The van der Waals surface area contributed by atoms with Gasteiger partial charge in [0.15, 0.2) is 0 Å². The molecule has 1 saturated carbocycles. The van der Waals surface area contributed by atoms with Gasteiger partial charge in [-0.2, -0.15) is 5.26 Å². The highest BCUT2D eigenvalue weighted by atomic mass is 16.5. The second-order valence-electron chi connectivity index (χ2n) is 7.53. The Kier molecular flexibility index (Phi) is 5.22. The summed E-state index contributed by atoms with van der Waals surface area (Å²) in [6.07, 6.45) is 5.42. The van der Waals surface area contributed by atoms with Gasteiger partial charge in [0.05, 0.1) is 37.1 Å². The number of carbonyl (C=O) groups excluding carboxylic acids is 1. The first-order valence-electron chi connectivity index (χ1n) is 9.42. The van der Waals surface area contributed by atoms with Crippen LogP contribution in [0.25, 0.3) is 0 Å². The molecule has 4 rings (SSSR count). The largest absolute Gasteiger partial charge is 0.491 e. The van der Waals surface area contributed by atoms with Crippen LogP contribution in [0.2, 0.25) is 0 Å². The fourth-order valence-corrected chi connectivity index (χ4v) is 3.66. The van der Waals surface area contributed by atoms with Crippen molar-refractivity contribution in [1.29, 1.82) is 5.26 Å². The lowest BCUT2D eigenvalue weighted by atomic mass is 9.98. The van der Waals surface area contributed by atoms with E-state index < -0.39 is 12.1 Å². The summed E-state index contributed by atoms with van der Waals surface area (Å²) in [5.74, 6) is 0.818. The van der Waals surface area contributed by atoms with Crippen LogP contribution in [0.3, 0.4) is 0 Å². The minimum Gasteiger partial charge on any atom is -0.491 e. The molecule has 3 aliphatic rings. The lowest BCUT2D eigenvalue weighted by Crippen LogP contribution is -2.57. The highest BCUT2D eigenvalue weighted by molar-refractivity contribution is 5.94. The molecule has 0 spiro atoms. The number of pyridine rings is 1. The molecular formula is C18H25N7O2. The molecule has 0 aromatic carbocycles. The van der Waals surface area contributed by atoms with E-state index in [0.29, 0.717) is 43.5 Å². The van der Waals surface area contributed by atoms with Gasteiger partial charge >= 0.3 is 0 Å². The number of rotatable bonds is 6. The van der Waals surface area contributed by atoms with Crippen LogP contribution in [0.4, 0.5) is 5.69 Å². The Morgan fingerprint density at radius 2 is 2.33 bits per heavy atom. The number of amides is 1. The van der Waals surface area contributed by atoms with Crippen molar-refractivity contribution in [2.45, 2.75) is 31.6 Å². The maximum absolute atomic E-state index is 13.0. The van der Waals surface area contributed by atoms with Crippen molar-refractivity contribution in [2.24, 2.45) is 23.5 Å². The number of anilines is 1. The second kappa shape index (κ2) is 7.78. The van der Waals surface area contributed by atoms with Gasteiger partial charge in [-0.15, -0.1) is 0 Å². The quantitative estimate of drug-likeness (QED) is 0.550. The number of fused-ring (bicyclic) bond motifs is 1. The summed E-state index contributed by atoms with van der Waals surface area (Å²) in [5, 5.41) is 17.1. The molecule has 9 nitrogen and oxygen atoms in total. The maximum Gasteiger partial charge on any atom is 0.233 e. The first-order valence-corrected chi connectivity index (χ1v) is 9.42. The van der Waals surface area contributed by atoms with E-state index >= 15 is 0 Å². The average Bonchev–Trinajstić information content (AvgIpc) is 3.42. The van der Waals surface area contributed by atoms with E-state index in [4.69, 9.17) is 15.7 Å². The Morgan fingerprint density at radius 1 is 1.48 bits per heavy atom. The highest BCUT2D eigenvalue weighted by Crippen LogP contribution is 2.32. The molecule has 9 heteroatoms. The molecule has 2 saturated heterocycles. The number of hydrazine groups is 1. The Hall–Kier alpha value is -2.25. The molecule has 0 bridgehead atoms. The van der Waals surface area contributed by atoms with Crippen molar-refractivity contribution in [3.05, 3.63) is 18.5 Å². The van der Waals surface area contributed by atoms with Crippen LogP contribution in [0.5, 0.6) is 5.75 Å². The third-order valence-corrected chi connectivity index (χ3v) is 5.34. The summed E-state index contributed by atoms with van der Waals surface area (Å²) in [5.41, 5.74) is 9.91. The van der Waals surface area contributed by atoms with Crippen molar-refractivity contribution in [3.8, 4) is 11.8 Å². The first kappa shape index (κ1) is 18.1. The van der Waals surface area contributed by atoms with Crippen LogP contribution < -0.4 is 26.5 Å². The predicted octanol–water partition coefficient (Wildman–Crippen LogP) is -0.0107. The number of hydrogen-bond acceptors (Lipinski definition) is 8. The van der Waals surface area contributed by atoms with E-state index in [1.807, 2.05) is 5.01 Å². The molecule has 4 atom stereocenters. The highest BCUT2D eigenvalue weighted by Gasteiger charge is 2.46. The Morgan fingerprint density at radius 3 is 3.11 bits per heavy atom. The zero-order valence-corrected chi connectivity index (χ0v) is 15.1. The Balaban J connectivity index is 1.42. The molecule has 2 aliphatic heterocycles. The third-order valence-electron chi connectivity index (χ3n) is 5.34. The molecule has 3 fully saturated rings. The fraction of sp³-hybridized carbons (Fsp3) is 0.611. The molecule has 5 N–H and O–H groups in total. The molecule has 0 radical (unpaired) electrons. The van der Waals surface area contributed by atoms with Crippen molar-refractivity contribution in [3.63, 3.8) is 0 Å². The molecule has 1 aromatic heterocycles. The number of nitrogens with one attached hydrogen (secondary N) is 3. The van der Waals surface area contributed by atoms with Crippen LogP contribution in [0.1, 0.15) is 19.3 Å². The number of aromatic nitrogens is 1. The van der Waals surface area contributed by atoms with Gasteiger partial charge in [0.2, 0.25) is 5.91 Å². The topological polar surface area (TPSA) is 128 Å². The Bertz CT molecular complexity index is 733. The normalized spacial score (nSPS) is 30.4. The molecule has 4 unspecified atom stereocenters. The van der Waals surface area contributed by atoms with Gasteiger partial charge < -0.3 is 15.8 Å². The van der Waals surface area contributed by atoms with Crippen molar-refractivity contribution < 1.29 is 9.53 Å². The molecular weight excluding hydrogens is 346 g/mol. The lowest BCUT2D eigenvalue weighted by molar-refractivity contribution is -0.121. The van der Waals surface area contributed by atoms with Crippen LogP contribution in [-0.2, 0) is 4.79 Å². The van der Waals surface area contributed by atoms with Crippen LogP contribution in [0.15, 0.2) is 18.5 Å². The summed E-state index contributed by atoms with van der Waals surface area (Å²) in [6, 6.07) is 3.97. The van der Waals surface area contributed by atoms with E-state index in [-0.39, 0.29) is 18.0 Å². The molecule has 1 amide bonds. The van der Waals surface area contributed by atoms with Crippen LogP contribution in [-0.4, -0.2) is 47.9 Å². The van der Waals surface area contributed by atoms with Crippen LogP contribution in [0, 0.1) is 29.1 Å². The van der Waals surface area contributed by atoms with Gasteiger partial charge in [-0.3, -0.25) is 15.1 Å². The van der Waals surface area contributed by atoms with E-state index in [2.05, 4.69) is 27.1 Å². The van der Waals surface area contributed by atoms with E-state index in [1.165, 1.54) is 12.8 Å². The summed E-state index contributed by atoms with van der Waals surface area (Å²) in [4.78, 5) is 17.1. The summed E-state index contributed by atoms with van der Waals surface area (Å²) < 4.78 is 5.84. The number of ether oxygens (including phenoxy) is 1. The van der Waals surface area contributed by atoms with Gasteiger partial charge in [-0.25, -0.2) is 10.4 Å². The van der Waals surface area contributed by atoms with E-state index in [9.17, 15) is 4.79 Å². The van der Waals surface area contributed by atoms with Gasteiger partial charge in [-0.05, 0) is 24.7 Å². The van der Waals surface area contributed by atoms with Gasteiger partial charge in [0.1, 0.15) is 11.4 Å². The maximum atomic E-state index is 13.0. The van der Waals surface area contributed by atoms with Gasteiger partial charge in [0.25, 0.3) is 0 Å². The number of hydrogen-bond donors (Lipinski definition) is 4. The minimum atomic E-state index is -0.504. The first-order chi connectivity index (χ1) is 13.2. The molecule has 27 heavy (non-hydrogen) atoms. The summed E-state index contributed by atoms with van der Waals surface area (Å²) in [7, 11) is 0. The average molecular weight is 371 g/mol. The van der Waals surface area contributed by atoms with Crippen molar-refractivity contribution in [2.75, 3.05) is 25.0 Å².